The molecule has 1 aromatic rings. The Morgan fingerprint density at radius 2 is 1.92 bits per heavy atom. The lowest BCUT2D eigenvalue weighted by molar-refractivity contribution is 1.00. The number of hydrogen-bond acceptors (Lipinski definition) is 0. The van der Waals surface area contributed by atoms with Crippen LogP contribution < -0.4 is 0 Å². The van der Waals surface area contributed by atoms with Gasteiger partial charge in [0, 0.05) is 0 Å². The number of rotatable bonds is 4. The molecule has 0 radical (unpaired) electrons. The summed E-state index contributed by atoms with van der Waals surface area (Å²) in [4.78, 5) is 0. The summed E-state index contributed by atoms with van der Waals surface area (Å²) in [5, 5.41) is 0. The van der Waals surface area contributed by atoms with E-state index in [0.717, 1.165) is 6.42 Å². The Hall–Kier alpha value is -0.310. The molecule has 0 N–H and O–H groups in total. The van der Waals surface area contributed by atoms with Gasteiger partial charge in [0.2, 0.25) is 0 Å². The molecule has 0 heterocycles. The van der Waals surface area contributed by atoms with Gasteiger partial charge in [0.15, 0.2) is 0 Å². The molecule has 13 heavy (non-hydrogen) atoms. The molecule has 0 amide bonds. The Kier molecular flexibility index (Phi) is 4.50. The van der Waals surface area contributed by atoms with Crippen LogP contribution in [0.3, 0.4) is 0 Å². The predicted octanol–water partition coefficient (Wildman–Crippen LogP) is 4.22. The largest absolute Gasteiger partial charge is 0.0952 e. The molecular weight excluding hydrogens is 271 g/mol. The molecule has 0 fully saturated rings. The third kappa shape index (κ3) is 3.51. The first-order valence-electron chi connectivity index (χ1n) is 4.55. The van der Waals surface area contributed by atoms with Gasteiger partial charge in [-0.3, -0.25) is 0 Å². The van der Waals surface area contributed by atoms with Crippen molar-refractivity contribution in [1.82, 2.24) is 0 Å². The van der Waals surface area contributed by atoms with E-state index in [1.165, 1.54) is 27.5 Å². The first kappa shape index (κ1) is 10.8. The van der Waals surface area contributed by atoms with Crippen LogP contribution in [-0.2, 0) is 0 Å². The van der Waals surface area contributed by atoms with Crippen molar-refractivity contribution in [3.63, 3.8) is 0 Å². The zero-order valence-electron chi connectivity index (χ0n) is 8.02. The van der Waals surface area contributed by atoms with Crippen LogP contribution >= 0.6 is 22.6 Å². The van der Waals surface area contributed by atoms with Crippen LogP contribution in [0.2, 0.25) is 0 Å². The molecule has 0 nitrogen and oxygen atoms in total. The summed E-state index contributed by atoms with van der Waals surface area (Å²) in [6, 6.07) is 8.60. The van der Waals surface area contributed by atoms with Gasteiger partial charge in [-0.15, -0.1) is 0 Å². The lowest BCUT2D eigenvalue weighted by atomic mass is 10.0. The second-order valence-corrected chi connectivity index (χ2v) is 4.34. The molecule has 1 aromatic carbocycles. The van der Waals surface area contributed by atoms with E-state index in [1.54, 1.807) is 0 Å². The van der Waals surface area contributed by atoms with Gasteiger partial charge in [-0.2, -0.15) is 0 Å². The Balaban J connectivity index is 2.61. The van der Waals surface area contributed by atoms with Crippen LogP contribution in [0.15, 0.2) is 30.8 Å². The maximum atomic E-state index is 4.09. The number of allylic oxidation sites excluding steroid dienone is 1. The average Bonchev–Trinajstić information content (AvgIpc) is 2.15. The molecule has 70 valence electrons. The summed E-state index contributed by atoms with van der Waals surface area (Å²) in [7, 11) is 0. The molecule has 0 saturated heterocycles. The second-order valence-electron chi connectivity index (χ2n) is 3.26. The zero-order valence-corrected chi connectivity index (χ0v) is 10.2. The van der Waals surface area contributed by atoms with E-state index >= 15 is 0 Å². The normalized spacial score (nSPS) is 10.0. The Bertz CT molecular complexity index is 272. The molecule has 0 aliphatic rings. The highest BCUT2D eigenvalue weighted by Gasteiger charge is 1.97. The lowest BCUT2D eigenvalue weighted by Gasteiger charge is -2.04. The van der Waals surface area contributed by atoms with Gasteiger partial charge in [-0.05, 0) is 35.3 Å². The van der Waals surface area contributed by atoms with Gasteiger partial charge in [0.05, 0.1) is 0 Å². The molecule has 0 aromatic heterocycles. The van der Waals surface area contributed by atoms with E-state index in [9.17, 15) is 0 Å². The summed E-state index contributed by atoms with van der Waals surface area (Å²) in [5.41, 5.74) is 3.86. The quantitative estimate of drug-likeness (QED) is 0.574. The minimum atomic E-state index is 1.12. The summed E-state index contributed by atoms with van der Waals surface area (Å²) in [6.45, 7) is 6.20. The van der Waals surface area contributed by atoms with Gasteiger partial charge in [-0.25, -0.2) is 0 Å². The van der Waals surface area contributed by atoms with Crippen LogP contribution in [0.4, 0.5) is 0 Å². The van der Waals surface area contributed by atoms with Crippen molar-refractivity contribution >= 4 is 28.2 Å². The molecule has 0 saturated carbocycles. The maximum Gasteiger partial charge on any atom is -0.000156 e. The summed E-state index contributed by atoms with van der Waals surface area (Å²) in [5.74, 6) is 0. The molecule has 0 unspecified atom stereocenters. The molecular formula is C12H15I. The minimum Gasteiger partial charge on any atom is -0.0952 e. The molecule has 0 bridgehead atoms. The van der Waals surface area contributed by atoms with Crippen molar-refractivity contribution in [3.8, 4) is 0 Å². The van der Waals surface area contributed by atoms with Gasteiger partial charge in [-0.1, -0.05) is 59.0 Å². The van der Waals surface area contributed by atoms with Crippen molar-refractivity contribution in [1.29, 1.82) is 0 Å². The number of aryl methyl sites for hydroxylation is 1. The first-order valence-corrected chi connectivity index (χ1v) is 6.07. The molecule has 0 atom stereocenters. The number of benzene rings is 1. The fourth-order valence-electron chi connectivity index (χ4n) is 1.21. The number of hydrogen-bond donors (Lipinski definition) is 0. The number of halogens is 1. The van der Waals surface area contributed by atoms with E-state index in [2.05, 4.69) is 60.4 Å². The highest BCUT2D eigenvalue weighted by atomic mass is 127. The SMILES string of the molecule is C=C(CCCI)c1ccc(C)cc1. The Morgan fingerprint density at radius 1 is 1.31 bits per heavy atom. The van der Waals surface area contributed by atoms with Crippen LogP contribution in [0.1, 0.15) is 24.0 Å². The van der Waals surface area contributed by atoms with E-state index in [1.807, 2.05) is 0 Å². The van der Waals surface area contributed by atoms with E-state index < -0.39 is 0 Å². The van der Waals surface area contributed by atoms with Crippen molar-refractivity contribution in [3.05, 3.63) is 42.0 Å². The van der Waals surface area contributed by atoms with Gasteiger partial charge in [0.1, 0.15) is 0 Å². The summed E-state index contributed by atoms with van der Waals surface area (Å²) >= 11 is 2.40. The van der Waals surface area contributed by atoms with Crippen molar-refractivity contribution in [2.45, 2.75) is 19.8 Å². The van der Waals surface area contributed by atoms with Crippen molar-refractivity contribution in [2.75, 3.05) is 4.43 Å². The Morgan fingerprint density at radius 3 is 2.46 bits per heavy atom. The van der Waals surface area contributed by atoms with Crippen molar-refractivity contribution in [2.24, 2.45) is 0 Å². The predicted molar refractivity (Wildman–Crippen MR) is 68.3 cm³/mol. The van der Waals surface area contributed by atoms with Crippen molar-refractivity contribution < 1.29 is 0 Å². The van der Waals surface area contributed by atoms with E-state index in [0.29, 0.717) is 0 Å². The topological polar surface area (TPSA) is 0 Å². The average molecular weight is 286 g/mol. The fraction of sp³-hybridized carbons (Fsp3) is 0.333. The maximum absolute atomic E-state index is 4.09. The minimum absolute atomic E-state index is 1.12. The summed E-state index contributed by atoms with van der Waals surface area (Å²) in [6.07, 6.45) is 2.35. The molecule has 0 aliphatic carbocycles. The number of alkyl halides is 1. The Labute approximate surface area is 94.2 Å². The highest BCUT2D eigenvalue weighted by molar-refractivity contribution is 14.1. The molecule has 1 heteroatoms. The van der Waals surface area contributed by atoms with Crippen LogP contribution in [0, 0.1) is 6.92 Å². The van der Waals surface area contributed by atoms with Gasteiger partial charge in [0.25, 0.3) is 0 Å². The second kappa shape index (κ2) is 5.43. The van der Waals surface area contributed by atoms with Gasteiger partial charge >= 0.3 is 0 Å². The smallest absolute Gasteiger partial charge is 0.000156 e. The highest BCUT2D eigenvalue weighted by Crippen LogP contribution is 2.18. The third-order valence-corrected chi connectivity index (χ3v) is 2.83. The molecule has 0 aliphatic heterocycles. The van der Waals surface area contributed by atoms with Crippen LogP contribution in [-0.4, -0.2) is 4.43 Å². The van der Waals surface area contributed by atoms with Crippen LogP contribution in [0.25, 0.3) is 5.57 Å². The van der Waals surface area contributed by atoms with Gasteiger partial charge < -0.3 is 0 Å². The zero-order chi connectivity index (χ0) is 9.68. The fourth-order valence-corrected chi connectivity index (χ4v) is 1.60. The third-order valence-electron chi connectivity index (χ3n) is 2.07. The summed E-state index contributed by atoms with van der Waals surface area (Å²) < 4.78 is 1.21. The lowest BCUT2D eigenvalue weighted by Crippen LogP contribution is -1.84. The van der Waals surface area contributed by atoms with E-state index in [4.69, 9.17) is 0 Å². The monoisotopic (exact) mass is 286 g/mol. The molecule has 1 rings (SSSR count). The van der Waals surface area contributed by atoms with E-state index in [-0.39, 0.29) is 0 Å². The van der Waals surface area contributed by atoms with Crippen LogP contribution in [0.5, 0.6) is 0 Å². The first-order chi connectivity index (χ1) is 6.24. The molecule has 0 spiro atoms. The standard InChI is InChI=1S/C12H15I/c1-10-5-7-12(8-6-10)11(2)4-3-9-13/h5-8H,2-4,9H2,1H3.